The topological polar surface area (TPSA) is 88.7 Å². The second-order valence-electron chi connectivity index (χ2n) is 6.57. The minimum atomic E-state index is -0.675. The molecule has 24 heavy (non-hydrogen) atoms. The summed E-state index contributed by atoms with van der Waals surface area (Å²) >= 11 is 0. The third-order valence-corrected chi connectivity index (χ3v) is 3.53. The van der Waals surface area contributed by atoms with Crippen LogP contribution in [0.15, 0.2) is 29.3 Å². The van der Waals surface area contributed by atoms with Crippen LogP contribution in [0.4, 0.5) is 0 Å². The van der Waals surface area contributed by atoms with E-state index in [0.29, 0.717) is 19.0 Å². The van der Waals surface area contributed by atoms with E-state index in [-0.39, 0.29) is 12.0 Å². The lowest BCUT2D eigenvalue weighted by molar-refractivity contribution is -0.125. The normalized spacial score (nSPS) is 13.3. The van der Waals surface area contributed by atoms with E-state index in [1.807, 2.05) is 45.0 Å². The van der Waals surface area contributed by atoms with Gasteiger partial charge in [-0.05, 0) is 52.3 Å². The maximum absolute atomic E-state index is 11.4. The van der Waals surface area contributed by atoms with Gasteiger partial charge in [-0.15, -0.1) is 0 Å². The van der Waals surface area contributed by atoms with Crippen LogP contribution in [-0.2, 0) is 4.79 Å². The molecule has 0 fully saturated rings. The maximum Gasteiger partial charge on any atom is 0.224 e. The highest BCUT2D eigenvalue weighted by molar-refractivity contribution is 5.82. The monoisotopic (exact) mass is 334 g/mol. The lowest BCUT2D eigenvalue weighted by Crippen LogP contribution is -2.43. The number of nitrogens with one attached hydrogen (secondary N) is 2. The van der Waals surface area contributed by atoms with Crippen LogP contribution < -0.4 is 21.1 Å². The summed E-state index contributed by atoms with van der Waals surface area (Å²) in [5.74, 6) is 1.13. The van der Waals surface area contributed by atoms with Crippen molar-refractivity contribution < 1.29 is 9.53 Å². The predicted octanol–water partition coefficient (Wildman–Crippen LogP) is 1.83. The van der Waals surface area contributed by atoms with Crippen LogP contribution in [0.3, 0.4) is 0 Å². The molecule has 0 aliphatic carbocycles. The van der Waals surface area contributed by atoms with E-state index in [4.69, 9.17) is 10.5 Å². The number of rotatable bonds is 8. The van der Waals surface area contributed by atoms with Gasteiger partial charge in [0.1, 0.15) is 11.9 Å². The van der Waals surface area contributed by atoms with E-state index in [1.54, 1.807) is 13.8 Å². The largest absolute Gasteiger partial charge is 0.489 e. The lowest BCUT2D eigenvalue weighted by atomic mass is 9.93. The Hall–Kier alpha value is -2.24. The Morgan fingerprint density at radius 3 is 2.67 bits per heavy atom. The molecule has 0 spiro atoms. The number of carbonyl (C=O) groups excluding carboxylic acids is 1. The van der Waals surface area contributed by atoms with Crippen LogP contribution in [0.2, 0.25) is 0 Å². The molecule has 6 heteroatoms. The van der Waals surface area contributed by atoms with Crippen molar-refractivity contribution in [3.63, 3.8) is 0 Å². The van der Waals surface area contributed by atoms with Crippen molar-refractivity contribution >= 4 is 11.9 Å². The Morgan fingerprint density at radius 2 is 2.08 bits per heavy atom. The van der Waals surface area contributed by atoms with Crippen LogP contribution in [0.1, 0.15) is 33.3 Å². The predicted molar refractivity (Wildman–Crippen MR) is 98.2 cm³/mol. The first kappa shape index (κ1) is 19.8. The molecular formula is C18H30N4O2. The van der Waals surface area contributed by atoms with Crippen molar-refractivity contribution in [2.75, 3.05) is 19.6 Å². The summed E-state index contributed by atoms with van der Waals surface area (Å²) in [4.78, 5) is 15.8. The van der Waals surface area contributed by atoms with Crippen molar-refractivity contribution in [1.82, 2.24) is 10.6 Å². The molecule has 1 aromatic carbocycles. The number of hydrogen-bond donors (Lipinski definition) is 3. The lowest BCUT2D eigenvalue weighted by Gasteiger charge is -2.20. The molecule has 4 N–H and O–H groups in total. The minimum Gasteiger partial charge on any atom is -0.489 e. The zero-order chi connectivity index (χ0) is 18.2. The van der Waals surface area contributed by atoms with E-state index >= 15 is 0 Å². The zero-order valence-electron chi connectivity index (χ0n) is 15.3. The molecule has 1 atom stereocenters. The molecule has 1 unspecified atom stereocenters. The molecule has 6 nitrogen and oxygen atoms in total. The minimum absolute atomic E-state index is 0.0280. The summed E-state index contributed by atoms with van der Waals surface area (Å²) in [5, 5.41) is 6.38. The molecule has 1 aromatic rings. The SMILES string of the molecule is CCNC(=NCC(C)(C)C(N)=O)NCC(C)Oc1cccc(C)c1. The summed E-state index contributed by atoms with van der Waals surface area (Å²) in [6.07, 6.45) is -0.0280. The fourth-order valence-electron chi connectivity index (χ4n) is 1.90. The highest BCUT2D eigenvalue weighted by atomic mass is 16.5. The van der Waals surface area contributed by atoms with E-state index in [0.717, 1.165) is 17.9 Å². The van der Waals surface area contributed by atoms with E-state index in [9.17, 15) is 4.79 Å². The van der Waals surface area contributed by atoms with E-state index in [2.05, 4.69) is 15.6 Å². The second kappa shape index (κ2) is 9.15. The van der Waals surface area contributed by atoms with Crippen molar-refractivity contribution in [2.45, 2.75) is 40.7 Å². The number of guanidine groups is 1. The first-order chi connectivity index (χ1) is 11.2. The molecule has 0 aliphatic rings. The molecule has 0 radical (unpaired) electrons. The number of aryl methyl sites for hydroxylation is 1. The van der Waals surface area contributed by atoms with Gasteiger partial charge in [-0.2, -0.15) is 0 Å². The van der Waals surface area contributed by atoms with Gasteiger partial charge in [0.05, 0.1) is 18.5 Å². The third kappa shape index (κ3) is 6.89. The standard InChI is InChI=1S/C18H30N4O2/c1-6-20-17(22-12-18(4,5)16(19)23)21-11-14(3)24-15-9-7-8-13(2)10-15/h7-10,14H,6,11-12H2,1-5H3,(H2,19,23)(H2,20,21,22). The van der Waals surface area contributed by atoms with Gasteiger partial charge >= 0.3 is 0 Å². The van der Waals surface area contributed by atoms with Gasteiger partial charge in [-0.1, -0.05) is 12.1 Å². The summed E-state index contributed by atoms with van der Waals surface area (Å²) in [6.45, 7) is 11.2. The molecule has 0 bridgehead atoms. The van der Waals surface area contributed by atoms with Crippen molar-refractivity contribution in [3.8, 4) is 5.75 Å². The van der Waals surface area contributed by atoms with Gasteiger partial charge in [-0.3, -0.25) is 9.79 Å². The fraction of sp³-hybridized carbons (Fsp3) is 0.556. The van der Waals surface area contributed by atoms with Crippen LogP contribution >= 0.6 is 0 Å². The van der Waals surface area contributed by atoms with E-state index in [1.165, 1.54) is 0 Å². The second-order valence-corrected chi connectivity index (χ2v) is 6.57. The van der Waals surface area contributed by atoms with Gasteiger partial charge in [0.2, 0.25) is 5.91 Å². The number of nitrogens with zero attached hydrogens (tertiary/aromatic N) is 1. The van der Waals surface area contributed by atoms with Crippen molar-refractivity contribution in [2.24, 2.45) is 16.1 Å². The highest BCUT2D eigenvalue weighted by Crippen LogP contribution is 2.15. The summed E-state index contributed by atoms with van der Waals surface area (Å²) in [5.41, 5.74) is 5.87. The van der Waals surface area contributed by atoms with Crippen molar-refractivity contribution in [3.05, 3.63) is 29.8 Å². The molecule has 0 aromatic heterocycles. The van der Waals surface area contributed by atoms with Crippen LogP contribution in [0, 0.1) is 12.3 Å². The molecule has 0 saturated carbocycles. The first-order valence-corrected chi connectivity index (χ1v) is 8.30. The average molecular weight is 334 g/mol. The number of hydrogen-bond acceptors (Lipinski definition) is 3. The Kier molecular flexibility index (Phi) is 7.55. The van der Waals surface area contributed by atoms with Gasteiger partial charge in [-0.25, -0.2) is 0 Å². The van der Waals surface area contributed by atoms with Gasteiger partial charge < -0.3 is 21.1 Å². The van der Waals surface area contributed by atoms with Gasteiger partial charge in [0.25, 0.3) is 0 Å². The van der Waals surface area contributed by atoms with Gasteiger partial charge in [0.15, 0.2) is 5.96 Å². The third-order valence-electron chi connectivity index (χ3n) is 3.53. The summed E-state index contributed by atoms with van der Waals surface area (Å²) in [7, 11) is 0. The quantitative estimate of drug-likeness (QED) is 0.500. The molecule has 134 valence electrons. The Balaban J connectivity index is 2.57. The Morgan fingerprint density at radius 1 is 1.38 bits per heavy atom. The zero-order valence-corrected chi connectivity index (χ0v) is 15.3. The number of primary amides is 1. The number of aliphatic imine (C=N–C) groups is 1. The fourth-order valence-corrected chi connectivity index (χ4v) is 1.90. The maximum atomic E-state index is 11.4. The first-order valence-electron chi connectivity index (χ1n) is 8.30. The number of ether oxygens (including phenoxy) is 1. The summed E-state index contributed by atoms with van der Waals surface area (Å²) in [6, 6.07) is 7.96. The molecule has 1 rings (SSSR count). The number of nitrogens with two attached hydrogens (primary N) is 1. The molecule has 1 amide bonds. The number of benzene rings is 1. The Labute approximate surface area is 144 Å². The molecule has 0 aliphatic heterocycles. The van der Waals surface area contributed by atoms with Crippen molar-refractivity contribution in [1.29, 1.82) is 0 Å². The van der Waals surface area contributed by atoms with Crippen LogP contribution in [-0.4, -0.2) is 37.6 Å². The average Bonchev–Trinajstić information content (AvgIpc) is 2.50. The molecular weight excluding hydrogens is 304 g/mol. The molecule has 0 heterocycles. The van der Waals surface area contributed by atoms with E-state index < -0.39 is 5.41 Å². The van der Waals surface area contributed by atoms with Gasteiger partial charge in [0, 0.05) is 6.54 Å². The molecule has 0 saturated heterocycles. The summed E-state index contributed by atoms with van der Waals surface area (Å²) < 4.78 is 5.89. The number of amides is 1. The number of carbonyl (C=O) groups is 1. The van der Waals surface area contributed by atoms with Crippen LogP contribution in [0.5, 0.6) is 5.75 Å². The Bertz CT molecular complexity index is 570. The smallest absolute Gasteiger partial charge is 0.224 e. The van der Waals surface area contributed by atoms with Crippen LogP contribution in [0.25, 0.3) is 0 Å². The highest BCUT2D eigenvalue weighted by Gasteiger charge is 2.24.